The molecule has 1 aromatic heterocycles. The molecule has 3 nitrogen and oxygen atoms in total. The van der Waals surface area contributed by atoms with E-state index >= 15 is 0 Å². The number of hydrogen-bond acceptors (Lipinski definition) is 3. The molecule has 14 heavy (non-hydrogen) atoms. The standard InChI is InChI=1S/C11H18N2O/c1-4-13(3)11-6-5-10(7-8-14)9(2)12-11/h5-6,14H,4,7-8H2,1-3H3. The molecule has 0 atom stereocenters. The van der Waals surface area contributed by atoms with E-state index in [9.17, 15) is 0 Å². The zero-order valence-electron chi connectivity index (χ0n) is 9.12. The summed E-state index contributed by atoms with van der Waals surface area (Å²) >= 11 is 0. The molecule has 1 rings (SSSR count). The predicted molar refractivity (Wildman–Crippen MR) is 58.7 cm³/mol. The summed E-state index contributed by atoms with van der Waals surface area (Å²) in [6.07, 6.45) is 0.689. The summed E-state index contributed by atoms with van der Waals surface area (Å²) in [6.45, 7) is 5.22. The second-order valence-corrected chi connectivity index (χ2v) is 3.40. The lowest BCUT2D eigenvalue weighted by atomic mass is 10.1. The van der Waals surface area contributed by atoms with Crippen LogP contribution >= 0.6 is 0 Å². The van der Waals surface area contributed by atoms with Gasteiger partial charge in [-0.1, -0.05) is 6.07 Å². The van der Waals surface area contributed by atoms with E-state index < -0.39 is 0 Å². The molecule has 0 aliphatic heterocycles. The maximum absolute atomic E-state index is 8.83. The van der Waals surface area contributed by atoms with Gasteiger partial charge in [0, 0.05) is 25.9 Å². The van der Waals surface area contributed by atoms with Crippen LogP contribution in [0.2, 0.25) is 0 Å². The molecule has 0 aliphatic carbocycles. The quantitative estimate of drug-likeness (QED) is 0.786. The summed E-state index contributed by atoms with van der Waals surface area (Å²) in [7, 11) is 2.02. The Bertz CT molecular complexity index is 299. The van der Waals surface area contributed by atoms with E-state index in [-0.39, 0.29) is 6.61 Å². The number of aliphatic hydroxyl groups excluding tert-OH is 1. The number of aryl methyl sites for hydroxylation is 1. The summed E-state index contributed by atoms with van der Waals surface area (Å²) in [5, 5.41) is 8.83. The molecule has 78 valence electrons. The molecule has 0 fully saturated rings. The van der Waals surface area contributed by atoms with Crippen LogP contribution in [0.4, 0.5) is 5.82 Å². The Hall–Kier alpha value is -1.09. The molecule has 0 amide bonds. The van der Waals surface area contributed by atoms with Gasteiger partial charge in [0.25, 0.3) is 0 Å². The van der Waals surface area contributed by atoms with E-state index in [1.807, 2.05) is 26.1 Å². The van der Waals surface area contributed by atoms with Gasteiger partial charge in [0.2, 0.25) is 0 Å². The van der Waals surface area contributed by atoms with Gasteiger partial charge in [0.1, 0.15) is 5.82 Å². The SMILES string of the molecule is CCN(C)c1ccc(CCO)c(C)n1. The highest BCUT2D eigenvalue weighted by atomic mass is 16.2. The number of hydrogen-bond donors (Lipinski definition) is 1. The van der Waals surface area contributed by atoms with Crippen molar-refractivity contribution < 1.29 is 5.11 Å². The zero-order valence-corrected chi connectivity index (χ0v) is 9.12. The fraction of sp³-hybridized carbons (Fsp3) is 0.545. The summed E-state index contributed by atoms with van der Waals surface area (Å²) < 4.78 is 0. The molecule has 1 heterocycles. The largest absolute Gasteiger partial charge is 0.396 e. The van der Waals surface area contributed by atoms with Gasteiger partial charge in [-0.15, -0.1) is 0 Å². The molecule has 0 bridgehead atoms. The topological polar surface area (TPSA) is 36.4 Å². The maximum Gasteiger partial charge on any atom is 0.128 e. The molecule has 0 radical (unpaired) electrons. The molecule has 0 aromatic carbocycles. The van der Waals surface area contributed by atoms with Gasteiger partial charge in [0.15, 0.2) is 0 Å². The van der Waals surface area contributed by atoms with Crippen LogP contribution < -0.4 is 4.90 Å². The monoisotopic (exact) mass is 194 g/mol. The van der Waals surface area contributed by atoms with Crippen molar-refractivity contribution in [1.29, 1.82) is 0 Å². The predicted octanol–water partition coefficient (Wildman–Crippen LogP) is 1.38. The summed E-state index contributed by atoms with van der Waals surface area (Å²) in [5.41, 5.74) is 2.14. The lowest BCUT2D eigenvalue weighted by molar-refractivity contribution is 0.299. The van der Waals surface area contributed by atoms with Crippen LogP contribution in [0.25, 0.3) is 0 Å². The summed E-state index contributed by atoms with van der Waals surface area (Å²) in [6, 6.07) is 4.04. The number of aliphatic hydroxyl groups is 1. The number of aromatic nitrogens is 1. The first-order chi connectivity index (χ1) is 6.69. The molecular weight excluding hydrogens is 176 g/mol. The van der Waals surface area contributed by atoms with E-state index in [0.717, 1.165) is 23.6 Å². The van der Waals surface area contributed by atoms with E-state index in [0.29, 0.717) is 6.42 Å². The van der Waals surface area contributed by atoms with Gasteiger partial charge in [-0.05, 0) is 31.9 Å². The van der Waals surface area contributed by atoms with Gasteiger partial charge >= 0.3 is 0 Å². The average molecular weight is 194 g/mol. The molecule has 0 aliphatic rings. The van der Waals surface area contributed by atoms with Crippen LogP contribution in [0.1, 0.15) is 18.2 Å². The van der Waals surface area contributed by atoms with Crippen molar-refractivity contribution in [1.82, 2.24) is 4.98 Å². The third kappa shape index (κ3) is 2.45. The van der Waals surface area contributed by atoms with Gasteiger partial charge in [-0.25, -0.2) is 4.98 Å². The smallest absolute Gasteiger partial charge is 0.128 e. The molecule has 0 spiro atoms. The highest BCUT2D eigenvalue weighted by Crippen LogP contribution is 2.13. The van der Waals surface area contributed by atoms with E-state index in [1.165, 1.54) is 0 Å². The first-order valence-corrected chi connectivity index (χ1v) is 4.97. The fourth-order valence-corrected chi connectivity index (χ4v) is 1.34. The van der Waals surface area contributed by atoms with E-state index in [1.54, 1.807) is 0 Å². The summed E-state index contributed by atoms with van der Waals surface area (Å²) in [5.74, 6) is 0.992. The van der Waals surface area contributed by atoms with Crippen LogP contribution in [0.3, 0.4) is 0 Å². The fourth-order valence-electron chi connectivity index (χ4n) is 1.34. The Kier molecular flexibility index (Phi) is 3.89. The van der Waals surface area contributed by atoms with Crippen molar-refractivity contribution in [2.75, 3.05) is 25.1 Å². The Morgan fingerprint density at radius 1 is 1.43 bits per heavy atom. The zero-order chi connectivity index (χ0) is 10.6. The van der Waals surface area contributed by atoms with Crippen LogP contribution in [-0.2, 0) is 6.42 Å². The second kappa shape index (κ2) is 4.96. The Morgan fingerprint density at radius 2 is 2.14 bits per heavy atom. The van der Waals surface area contributed by atoms with Gasteiger partial charge in [-0.2, -0.15) is 0 Å². The van der Waals surface area contributed by atoms with Gasteiger partial charge in [-0.3, -0.25) is 0 Å². The normalized spacial score (nSPS) is 10.3. The highest BCUT2D eigenvalue weighted by Gasteiger charge is 2.03. The van der Waals surface area contributed by atoms with Crippen molar-refractivity contribution in [2.45, 2.75) is 20.3 Å². The Balaban J connectivity index is 2.88. The van der Waals surface area contributed by atoms with E-state index in [4.69, 9.17) is 5.11 Å². The minimum absolute atomic E-state index is 0.186. The number of pyridine rings is 1. The third-order valence-electron chi connectivity index (χ3n) is 2.43. The second-order valence-electron chi connectivity index (χ2n) is 3.40. The van der Waals surface area contributed by atoms with Crippen molar-refractivity contribution in [2.24, 2.45) is 0 Å². The van der Waals surface area contributed by atoms with Crippen molar-refractivity contribution >= 4 is 5.82 Å². The van der Waals surface area contributed by atoms with Crippen LogP contribution in [0.5, 0.6) is 0 Å². The first kappa shape index (κ1) is 11.0. The van der Waals surface area contributed by atoms with Crippen LogP contribution in [0.15, 0.2) is 12.1 Å². The molecule has 1 N–H and O–H groups in total. The minimum Gasteiger partial charge on any atom is -0.396 e. The summed E-state index contributed by atoms with van der Waals surface area (Å²) in [4.78, 5) is 6.57. The van der Waals surface area contributed by atoms with Crippen LogP contribution in [0, 0.1) is 6.92 Å². The van der Waals surface area contributed by atoms with Crippen molar-refractivity contribution in [3.8, 4) is 0 Å². The van der Waals surface area contributed by atoms with Gasteiger partial charge < -0.3 is 10.0 Å². The third-order valence-corrected chi connectivity index (χ3v) is 2.43. The number of nitrogens with zero attached hydrogens (tertiary/aromatic N) is 2. The molecule has 1 aromatic rings. The minimum atomic E-state index is 0.186. The Labute approximate surface area is 85.4 Å². The Morgan fingerprint density at radius 3 is 2.64 bits per heavy atom. The molecule has 3 heteroatoms. The maximum atomic E-state index is 8.83. The lowest BCUT2D eigenvalue weighted by Gasteiger charge is -2.16. The lowest BCUT2D eigenvalue weighted by Crippen LogP contribution is -2.17. The van der Waals surface area contributed by atoms with Crippen LogP contribution in [-0.4, -0.2) is 30.3 Å². The molecular formula is C11H18N2O. The first-order valence-electron chi connectivity index (χ1n) is 4.97. The van der Waals surface area contributed by atoms with E-state index in [2.05, 4.69) is 16.8 Å². The molecule has 0 saturated carbocycles. The van der Waals surface area contributed by atoms with Crippen molar-refractivity contribution in [3.05, 3.63) is 23.4 Å². The molecule has 0 saturated heterocycles. The van der Waals surface area contributed by atoms with Crippen molar-refractivity contribution in [3.63, 3.8) is 0 Å². The molecule has 0 unspecified atom stereocenters. The number of anilines is 1. The number of rotatable bonds is 4. The average Bonchev–Trinajstić information content (AvgIpc) is 2.20. The van der Waals surface area contributed by atoms with Gasteiger partial charge in [0.05, 0.1) is 0 Å². The highest BCUT2D eigenvalue weighted by molar-refractivity contribution is 5.40.